The van der Waals surface area contributed by atoms with Crippen LogP contribution in [0.5, 0.6) is 11.5 Å². The fourth-order valence-electron chi connectivity index (χ4n) is 7.19. The van der Waals surface area contributed by atoms with Gasteiger partial charge in [0.2, 0.25) is 0 Å². The number of rotatable bonds is 5. The van der Waals surface area contributed by atoms with Crippen LogP contribution in [0.25, 0.3) is 49.4 Å². The van der Waals surface area contributed by atoms with Gasteiger partial charge in [0.05, 0.1) is 5.52 Å². The molecule has 244 valence electrons. The molecule has 0 amide bonds. The van der Waals surface area contributed by atoms with Crippen LogP contribution in [0.15, 0.2) is 146 Å². The van der Waals surface area contributed by atoms with Crippen molar-refractivity contribution in [1.29, 1.82) is 0 Å². The van der Waals surface area contributed by atoms with Gasteiger partial charge in [-0.25, -0.2) is 4.98 Å². The van der Waals surface area contributed by atoms with E-state index in [-0.39, 0.29) is 21.1 Å². The molecule has 0 spiro atoms. The molecule has 6 aromatic carbocycles. The first kappa shape index (κ1) is 30.2. The number of ether oxygens (including phenoxy) is 1. The van der Waals surface area contributed by atoms with Crippen LogP contribution in [0.4, 0.5) is 22.7 Å². The van der Waals surface area contributed by atoms with Crippen LogP contribution in [-0.2, 0) is 28.1 Å². The first-order chi connectivity index (χ1) is 24.2. The second-order valence-electron chi connectivity index (χ2n) is 12.3. The topological polar surface area (TPSA) is 38.5 Å². The standard InChI is InChI=1S/C43H28N5O.Pt/c1-45-37-18-7-5-17-34(37)36-27-44-43(26-41(36)45)48-38-19-8-6-16-33(38)35-23-22-32(25-42(35)48)49-31-15-11-14-30(24-31)47-28-46(29-12-3-2-4-13-29)39-20-9-10-21-40(39)47;/h2-23,26-28H,1H3;/q-3;. The van der Waals surface area contributed by atoms with E-state index >= 15 is 0 Å². The molecule has 0 saturated carbocycles. The molecule has 1 aliphatic rings. The Hall–Kier alpha value is -5.84. The zero-order valence-electron chi connectivity index (χ0n) is 26.9. The molecule has 1 aliphatic heterocycles. The summed E-state index contributed by atoms with van der Waals surface area (Å²) in [6.07, 6.45) is 1.99. The number of anilines is 4. The molecule has 10 rings (SSSR count). The number of para-hydroxylation sites is 5. The average molecular weight is 826 g/mol. The SMILES string of the molecule is Cn1c2ccccc2c2cnc(-n3c4[c-]c(Oc5[c-]c(N6[CH-]N(c7ccccc7)c7ccccc76)ccc5)ccc4c4ccccc43)cc21.[Pt]. The monoisotopic (exact) mass is 825 g/mol. The zero-order valence-corrected chi connectivity index (χ0v) is 29.2. The normalized spacial score (nSPS) is 12.6. The van der Waals surface area contributed by atoms with Gasteiger partial charge in [-0.2, -0.15) is 12.1 Å². The van der Waals surface area contributed by atoms with E-state index in [1.54, 1.807) is 0 Å². The average Bonchev–Trinajstić information content (AvgIpc) is 3.80. The van der Waals surface area contributed by atoms with Gasteiger partial charge in [0.1, 0.15) is 5.82 Å². The van der Waals surface area contributed by atoms with Gasteiger partial charge in [-0.15, -0.1) is 48.1 Å². The number of fused-ring (bicyclic) bond motifs is 7. The van der Waals surface area contributed by atoms with Crippen molar-refractivity contribution in [3.63, 3.8) is 0 Å². The predicted molar refractivity (Wildman–Crippen MR) is 198 cm³/mol. The minimum absolute atomic E-state index is 0. The molecule has 0 saturated heterocycles. The molecule has 0 atom stereocenters. The van der Waals surface area contributed by atoms with E-state index < -0.39 is 0 Å². The van der Waals surface area contributed by atoms with E-state index in [4.69, 9.17) is 9.72 Å². The molecular weight excluding hydrogens is 798 g/mol. The van der Waals surface area contributed by atoms with Gasteiger partial charge in [0.25, 0.3) is 0 Å². The van der Waals surface area contributed by atoms with E-state index in [0.717, 1.165) is 61.3 Å². The number of pyridine rings is 1. The Kier molecular flexibility index (Phi) is 7.22. The van der Waals surface area contributed by atoms with Crippen LogP contribution >= 0.6 is 0 Å². The number of benzene rings is 6. The van der Waals surface area contributed by atoms with Gasteiger partial charge >= 0.3 is 0 Å². The minimum atomic E-state index is 0. The Labute approximate surface area is 303 Å². The van der Waals surface area contributed by atoms with Crippen molar-refractivity contribution < 1.29 is 25.8 Å². The number of nitrogens with zero attached hydrogens (tertiary/aromatic N) is 5. The summed E-state index contributed by atoms with van der Waals surface area (Å²) in [5.74, 6) is 2.04. The summed E-state index contributed by atoms with van der Waals surface area (Å²) in [5.41, 5.74) is 8.44. The third-order valence-electron chi connectivity index (χ3n) is 9.47. The van der Waals surface area contributed by atoms with Gasteiger partial charge < -0.3 is 23.7 Å². The molecule has 0 unspecified atom stereocenters. The van der Waals surface area contributed by atoms with Crippen LogP contribution in [0.3, 0.4) is 0 Å². The fourth-order valence-corrected chi connectivity index (χ4v) is 7.19. The number of aryl methyl sites for hydroxylation is 1. The largest absolute Gasteiger partial charge is 0.509 e. The molecule has 0 N–H and O–H groups in total. The molecule has 6 nitrogen and oxygen atoms in total. The molecule has 0 fully saturated rings. The quantitative estimate of drug-likeness (QED) is 0.162. The Morgan fingerprint density at radius 1 is 0.580 bits per heavy atom. The second-order valence-corrected chi connectivity index (χ2v) is 12.3. The third kappa shape index (κ3) is 4.71. The molecule has 0 radical (unpaired) electrons. The summed E-state index contributed by atoms with van der Waals surface area (Å²) in [6.45, 7) is 2.10. The van der Waals surface area contributed by atoms with Crippen LogP contribution in [0.1, 0.15) is 0 Å². The Bertz CT molecular complexity index is 2720. The maximum absolute atomic E-state index is 6.50. The molecule has 3 aromatic heterocycles. The van der Waals surface area contributed by atoms with Crippen molar-refractivity contribution in [2.75, 3.05) is 9.80 Å². The first-order valence-corrected chi connectivity index (χ1v) is 16.3. The molecule has 4 heterocycles. The summed E-state index contributed by atoms with van der Waals surface area (Å²) >= 11 is 0. The maximum atomic E-state index is 6.50. The van der Waals surface area contributed by atoms with Gasteiger partial charge in [0.15, 0.2) is 0 Å². The molecule has 0 aliphatic carbocycles. The summed E-state index contributed by atoms with van der Waals surface area (Å²) in [7, 11) is 2.11. The summed E-state index contributed by atoms with van der Waals surface area (Å²) in [4.78, 5) is 9.34. The Morgan fingerprint density at radius 3 is 2.08 bits per heavy atom. The van der Waals surface area contributed by atoms with Gasteiger partial charge in [0, 0.05) is 90.7 Å². The van der Waals surface area contributed by atoms with E-state index in [0.29, 0.717) is 11.5 Å². The zero-order chi connectivity index (χ0) is 32.5. The van der Waals surface area contributed by atoms with Crippen molar-refractivity contribution in [2.24, 2.45) is 7.05 Å². The van der Waals surface area contributed by atoms with Gasteiger partial charge in [-0.1, -0.05) is 72.2 Å². The second kappa shape index (κ2) is 11.9. The van der Waals surface area contributed by atoms with Crippen molar-refractivity contribution in [3.05, 3.63) is 165 Å². The number of aromatic nitrogens is 3. The van der Waals surface area contributed by atoms with Crippen LogP contribution in [-0.4, -0.2) is 14.1 Å². The maximum Gasteiger partial charge on any atom is 0.137 e. The molecule has 9 aromatic rings. The van der Waals surface area contributed by atoms with Crippen LogP contribution < -0.4 is 14.5 Å². The molecule has 50 heavy (non-hydrogen) atoms. The number of hydrogen-bond acceptors (Lipinski definition) is 4. The van der Waals surface area contributed by atoms with Crippen LogP contribution in [0.2, 0.25) is 0 Å². The number of hydrogen-bond donors (Lipinski definition) is 0. The predicted octanol–water partition coefficient (Wildman–Crippen LogP) is 10.6. The fraction of sp³-hybridized carbons (Fsp3) is 0.0233. The molecule has 0 bridgehead atoms. The van der Waals surface area contributed by atoms with Crippen molar-refractivity contribution in [3.8, 4) is 17.3 Å². The van der Waals surface area contributed by atoms with Gasteiger partial charge in [-0.05, 0) is 41.8 Å². The Balaban J connectivity index is 0.00000336. The Morgan fingerprint density at radius 2 is 1.26 bits per heavy atom. The van der Waals surface area contributed by atoms with E-state index in [2.05, 4.69) is 154 Å². The molecular formula is C43H28N5OPt-3. The van der Waals surface area contributed by atoms with Crippen molar-refractivity contribution in [1.82, 2.24) is 14.1 Å². The van der Waals surface area contributed by atoms with Crippen molar-refractivity contribution >= 4 is 66.4 Å². The van der Waals surface area contributed by atoms with E-state index in [9.17, 15) is 0 Å². The molecule has 7 heteroatoms. The van der Waals surface area contributed by atoms with Gasteiger partial charge in [-0.3, -0.25) is 0 Å². The van der Waals surface area contributed by atoms with E-state index in [1.807, 2.05) is 36.5 Å². The summed E-state index contributed by atoms with van der Waals surface area (Å²) < 4.78 is 10.9. The van der Waals surface area contributed by atoms with Crippen LogP contribution in [0, 0.1) is 18.8 Å². The summed E-state index contributed by atoms with van der Waals surface area (Å²) in [6, 6.07) is 55.0. The summed E-state index contributed by atoms with van der Waals surface area (Å²) in [5, 5.41) is 4.56. The third-order valence-corrected chi connectivity index (χ3v) is 9.47. The van der Waals surface area contributed by atoms with E-state index in [1.165, 1.54) is 10.9 Å². The van der Waals surface area contributed by atoms with Crippen molar-refractivity contribution in [2.45, 2.75) is 0 Å². The first-order valence-electron chi connectivity index (χ1n) is 16.3. The smallest absolute Gasteiger partial charge is 0.137 e. The minimum Gasteiger partial charge on any atom is -0.509 e.